The van der Waals surface area contributed by atoms with Gasteiger partial charge in [-0.25, -0.2) is 0 Å². The summed E-state index contributed by atoms with van der Waals surface area (Å²) >= 11 is 0. The van der Waals surface area contributed by atoms with Crippen LogP contribution in [0.2, 0.25) is 0 Å². The van der Waals surface area contributed by atoms with E-state index in [1.54, 1.807) is 22.9 Å². The predicted octanol–water partition coefficient (Wildman–Crippen LogP) is 4.04. The zero-order valence-corrected chi connectivity index (χ0v) is 28.6. The number of rotatable bonds is 8. The van der Waals surface area contributed by atoms with Gasteiger partial charge in [0.05, 0.1) is 30.7 Å². The van der Waals surface area contributed by atoms with E-state index in [4.69, 9.17) is 9.47 Å². The van der Waals surface area contributed by atoms with E-state index in [1.165, 1.54) is 4.90 Å². The summed E-state index contributed by atoms with van der Waals surface area (Å²) in [5.74, 6) is -3.56. The number of allylic oxidation sites excluding steroid dienone is 1. The molecule has 0 aromatic heterocycles. The highest BCUT2D eigenvalue weighted by Gasteiger charge is 2.73. The fourth-order valence-electron chi connectivity index (χ4n) is 7.99. The molecule has 47 heavy (non-hydrogen) atoms. The van der Waals surface area contributed by atoms with Crippen molar-refractivity contribution in [2.75, 3.05) is 20.2 Å². The van der Waals surface area contributed by atoms with E-state index < -0.39 is 53.7 Å². The molecule has 4 heterocycles. The van der Waals surface area contributed by atoms with Crippen molar-refractivity contribution < 1.29 is 33.8 Å². The minimum atomic E-state index is -1.45. The van der Waals surface area contributed by atoms with Gasteiger partial charge in [0.15, 0.2) is 0 Å². The molecular formula is C37H51N3O7. The SMILES string of the molecule is CCCC(C)N1CC=C[C@]23O[C@@H]4/C=C\CCC(=O)N(C)[C@H](C)[C@@H](c5ccccc5)OC(=O)[C@@H]4[C@H]2C(=O)N([C@@H](CO)[C@@H](C)CC)[C@@H]3C1=O. The second-order valence-electron chi connectivity index (χ2n) is 13.7. The number of esters is 1. The number of likely N-dealkylation sites (N-methyl/N-ethyl adjacent to an activating group) is 1. The number of carbonyl (C=O) groups is 4. The quantitative estimate of drug-likeness (QED) is 0.334. The summed E-state index contributed by atoms with van der Waals surface area (Å²) in [7, 11) is 1.71. The molecule has 1 aromatic carbocycles. The van der Waals surface area contributed by atoms with E-state index in [0.29, 0.717) is 19.4 Å². The van der Waals surface area contributed by atoms with Crippen LogP contribution in [-0.2, 0) is 28.7 Å². The molecule has 1 spiro atoms. The summed E-state index contributed by atoms with van der Waals surface area (Å²) < 4.78 is 13.2. The summed E-state index contributed by atoms with van der Waals surface area (Å²) in [6.45, 7) is 9.91. The molecule has 0 saturated carbocycles. The van der Waals surface area contributed by atoms with Gasteiger partial charge in [-0.1, -0.05) is 88.2 Å². The lowest BCUT2D eigenvalue weighted by Crippen LogP contribution is -2.60. The Kier molecular flexibility index (Phi) is 10.6. The van der Waals surface area contributed by atoms with Gasteiger partial charge in [-0.3, -0.25) is 19.2 Å². The van der Waals surface area contributed by atoms with Gasteiger partial charge in [-0.2, -0.15) is 0 Å². The molecule has 10 nitrogen and oxygen atoms in total. The van der Waals surface area contributed by atoms with E-state index in [-0.39, 0.29) is 42.7 Å². The molecule has 0 aliphatic carbocycles. The zero-order chi connectivity index (χ0) is 34.0. The first-order chi connectivity index (χ1) is 22.5. The number of ether oxygens (including phenoxy) is 2. The van der Waals surface area contributed by atoms with Crippen LogP contribution in [0, 0.1) is 17.8 Å². The molecule has 10 atom stereocenters. The number of amides is 3. The van der Waals surface area contributed by atoms with E-state index in [1.807, 2.05) is 76.3 Å². The number of fused-ring (bicyclic) bond motifs is 2. The molecule has 3 amide bonds. The molecular weight excluding hydrogens is 598 g/mol. The van der Waals surface area contributed by atoms with Gasteiger partial charge >= 0.3 is 5.97 Å². The van der Waals surface area contributed by atoms with Crippen molar-refractivity contribution in [2.24, 2.45) is 17.8 Å². The van der Waals surface area contributed by atoms with Crippen LogP contribution in [0.3, 0.4) is 0 Å². The Bertz CT molecular complexity index is 1380. The Morgan fingerprint density at radius 2 is 1.77 bits per heavy atom. The average molecular weight is 650 g/mol. The van der Waals surface area contributed by atoms with E-state index >= 15 is 0 Å². The van der Waals surface area contributed by atoms with Crippen LogP contribution >= 0.6 is 0 Å². The highest BCUT2D eigenvalue weighted by molar-refractivity contribution is 5.99. The standard InChI is InChI=1S/C37H51N3O7/c1-7-15-24(4)39-21-14-20-37-31(34(43)40(33(37)35(39)44)27(22-41)23(3)8-2)30-28(47-37)18-12-13-19-29(42)38(6)25(5)32(46-36(30)45)26-16-10-9-11-17-26/h9-12,14,16-18,20,23-25,27-28,30-33,41H,7-8,13,15,19,21-22H2,1-6H3/b18-12-/t23-,24?,25+,27-,28+,30-,31-,32-,33+,37-/m0/s1. The van der Waals surface area contributed by atoms with E-state index in [2.05, 4.69) is 6.92 Å². The number of carbonyl (C=O) groups excluding carboxylic acids is 4. The molecule has 4 aliphatic rings. The Morgan fingerprint density at radius 3 is 2.43 bits per heavy atom. The summed E-state index contributed by atoms with van der Waals surface area (Å²) in [6, 6.07) is 7.02. The number of hydrogen-bond acceptors (Lipinski definition) is 7. The van der Waals surface area contributed by atoms with Crippen molar-refractivity contribution >= 4 is 23.7 Å². The predicted molar refractivity (Wildman–Crippen MR) is 177 cm³/mol. The van der Waals surface area contributed by atoms with Crippen molar-refractivity contribution in [2.45, 2.75) is 109 Å². The maximum atomic E-state index is 14.9. The third kappa shape index (κ3) is 6.15. The molecule has 1 N–H and O–H groups in total. The zero-order valence-electron chi connectivity index (χ0n) is 28.6. The molecule has 2 saturated heterocycles. The summed E-state index contributed by atoms with van der Waals surface area (Å²) in [6.07, 6.45) is 8.64. The van der Waals surface area contributed by atoms with Crippen LogP contribution in [-0.4, -0.2) is 99.6 Å². The van der Waals surface area contributed by atoms with Gasteiger partial charge < -0.3 is 29.3 Å². The van der Waals surface area contributed by atoms with Crippen LogP contribution in [0.15, 0.2) is 54.6 Å². The van der Waals surface area contributed by atoms with Gasteiger partial charge in [0, 0.05) is 26.1 Å². The van der Waals surface area contributed by atoms with Crippen LogP contribution in [0.1, 0.15) is 78.4 Å². The summed E-state index contributed by atoms with van der Waals surface area (Å²) in [5, 5.41) is 10.7. The number of aliphatic hydroxyl groups excluding tert-OH is 1. The number of likely N-dealkylation sites (tertiary alicyclic amines) is 1. The molecule has 1 unspecified atom stereocenters. The van der Waals surface area contributed by atoms with Crippen molar-refractivity contribution in [3.8, 4) is 0 Å². The number of nitrogens with zero attached hydrogens (tertiary/aromatic N) is 3. The van der Waals surface area contributed by atoms with Gasteiger partial charge in [0.1, 0.15) is 23.7 Å². The van der Waals surface area contributed by atoms with Crippen LogP contribution in [0.25, 0.3) is 0 Å². The van der Waals surface area contributed by atoms with Gasteiger partial charge in [-0.05, 0) is 38.2 Å². The minimum absolute atomic E-state index is 0.0800. The Balaban J connectivity index is 1.65. The Morgan fingerprint density at radius 1 is 1.04 bits per heavy atom. The fourth-order valence-corrected chi connectivity index (χ4v) is 7.99. The lowest BCUT2D eigenvalue weighted by Gasteiger charge is -2.41. The summed E-state index contributed by atoms with van der Waals surface area (Å²) in [5.41, 5.74) is -0.722. The van der Waals surface area contributed by atoms with Crippen LogP contribution in [0.5, 0.6) is 0 Å². The van der Waals surface area contributed by atoms with Crippen molar-refractivity contribution in [3.63, 3.8) is 0 Å². The maximum absolute atomic E-state index is 14.9. The van der Waals surface area contributed by atoms with Crippen molar-refractivity contribution in [1.29, 1.82) is 0 Å². The molecule has 10 heteroatoms. The highest BCUT2D eigenvalue weighted by atomic mass is 16.6. The Hall–Kier alpha value is -3.50. The number of cyclic esters (lactones) is 1. The van der Waals surface area contributed by atoms with E-state index in [9.17, 15) is 24.3 Å². The van der Waals surface area contributed by atoms with Gasteiger partial charge in [-0.15, -0.1) is 0 Å². The molecule has 0 bridgehead atoms. The minimum Gasteiger partial charge on any atom is -0.455 e. The average Bonchev–Trinajstić information content (AvgIpc) is 3.45. The van der Waals surface area contributed by atoms with Gasteiger partial charge in [0.25, 0.3) is 0 Å². The first-order valence-electron chi connectivity index (χ1n) is 17.3. The first-order valence-corrected chi connectivity index (χ1v) is 17.3. The van der Waals surface area contributed by atoms with Crippen molar-refractivity contribution in [3.05, 3.63) is 60.2 Å². The molecule has 4 aliphatic heterocycles. The number of benzene rings is 1. The lowest BCUT2D eigenvalue weighted by atomic mass is 9.77. The number of hydrogen-bond donors (Lipinski definition) is 1. The van der Waals surface area contributed by atoms with Crippen LogP contribution in [0.4, 0.5) is 0 Å². The molecule has 5 rings (SSSR count). The summed E-state index contributed by atoms with van der Waals surface area (Å²) in [4.78, 5) is 62.2. The Labute approximate surface area is 278 Å². The molecule has 0 radical (unpaired) electrons. The topological polar surface area (TPSA) is 117 Å². The first kappa shape index (κ1) is 34.8. The maximum Gasteiger partial charge on any atom is 0.313 e. The van der Waals surface area contributed by atoms with Crippen LogP contribution < -0.4 is 0 Å². The van der Waals surface area contributed by atoms with Crippen molar-refractivity contribution in [1.82, 2.24) is 14.7 Å². The third-order valence-electron chi connectivity index (χ3n) is 11.0. The van der Waals surface area contributed by atoms with E-state index in [0.717, 1.165) is 18.4 Å². The molecule has 1 aromatic rings. The number of aliphatic hydroxyl groups is 1. The highest BCUT2D eigenvalue weighted by Crippen LogP contribution is 2.54. The second kappa shape index (κ2) is 14.3. The second-order valence-corrected chi connectivity index (χ2v) is 13.7. The fraction of sp³-hybridized carbons (Fsp3) is 0.622. The molecule has 2 fully saturated rings. The largest absolute Gasteiger partial charge is 0.455 e. The third-order valence-corrected chi connectivity index (χ3v) is 11.0. The monoisotopic (exact) mass is 649 g/mol. The van der Waals surface area contributed by atoms with Gasteiger partial charge in [0.2, 0.25) is 17.7 Å². The normalized spacial score (nSPS) is 34.0. The smallest absolute Gasteiger partial charge is 0.313 e. The lowest BCUT2D eigenvalue weighted by molar-refractivity contribution is -0.165. The molecule has 256 valence electrons.